The number of sulfonamides is 1. The van der Waals surface area contributed by atoms with Gasteiger partial charge >= 0.3 is 11.8 Å². The molecule has 2 N–H and O–H groups in total. The number of carbonyl (C=O) groups is 2. The second-order valence-corrected chi connectivity index (χ2v) is 10.9. The molecular weight excluding hydrogens is 470 g/mol. The molecule has 0 atom stereocenters. The third-order valence-corrected chi connectivity index (χ3v) is 7.95. The van der Waals surface area contributed by atoms with Gasteiger partial charge in [-0.3, -0.25) is 13.9 Å². The van der Waals surface area contributed by atoms with Crippen LogP contribution in [0, 0.1) is 0 Å². The van der Waals surface area contributed by atoms with Gasteiger partial charge in [-0.1, -0.05) is 18.2 Å². The van der Waals surface area contributed by atoms with Crippen LogP contribution in [0.4, 0.5) is 11.4 Å². The fraction of sp³-hybridized carbons (Fsp3) is 0.440. The van der Waals surface area contributed by atoms with E-state index in [9.17, 15) is 18.0 Å². The fourth-order valence-electron chi connectivity index (χ4n) is 4.76. The van der Waals surface area contributed by atoms with Gasteiger partial charge in [0.2, 0.25) is 10.0 Å². The predicted molar refractivity (Wildman–Crippen MR) is 133 cm³/mol. The van der Waals surface area contributed by atoms with E-state index in [1.54, 1.807) is 25.3 Å². The number of nitrogens with one attached hydrogen (secondary N) is 2. The summed E-state index contributed by atoms with van der Waals surface area (Å²) in [6.07, 6.45) is 4.08. The number of nitrogens with zero attached hydrogens (tertiary/aromatic N) is 1. The Morgan fingerprint density at radius 1 is 1.09 bits per heavy atom. The summed E-state index contributed by atoms with van der Waals surface area (Å²) in [4.78, 5) is 25.4. The van der Waals surface area contributed by atoms with Gasteiger partial charge in [0.1, 0.15) is 5.75 Å². The topological polar surface area (TPSA) is 114 Å². The number of carbonyl (C=O) groups excluding carboxylic acids is 2. The van der Waals surface area contributed by atoms with Crippen LogP contribution in [-0.4, -0.2) is 59.9 Å². The van der Waals surface area contributed by atoms with E-state index in [1.165, 1.54) is 4.31 Å². The van der Waals surface area contributed by atoms with Crippen LogP contribution >= 0.6 is 0 Å². The molecule has 188 valence electrons. The lowest BCUT2D eigenvalue weighted by atomic mass is 9.74. The number of anilines is 2. The quantitative estimate of drug-likeness (QED) is 0.587. The first-order chi connectivity index (χ1) is 16.7. The van der Waals surface area contributed by atoms with Crippen LogP contribution in [0.3, 0.4) is 0 Å². The Hall–Kier alpha value is -3.11. The first-order valence-electron chi connectivity index (χ1n) is 11.6. The van der Waals surface area contributed by atoms with Crippen molar-refractivity contribution in [3.63, 3.8) is 0 Å². The van der Waals surface area contributed by atoms with Crippen molar-refractivity contribution >= 4 is 33.2 Å². The Labute approximate surface area is 205 Å². The zero-order chi connectivity index (χ0) is 25.1. The molecule has 0 spiro atoms. The van der Waals surface area contributed by atoms with Gasteiger partial charge in [0.05, 0.1) is 19.1 Å². The van der Waals surface area contributed by atoms with E-state index in [-0.39, 0.29) is 5.41 Å². The number of methoxy groups -OCH3 is 1. The number of aryl methyl sites for hydroxylation is 1. The summed E-state index contributed by atoms with van der Waals surface area (Å²) in [5.41, 5.74) is 2.51. The van der Waals surface area contributed by atoms with Gasteiger partial charge in [-0.2, -0.15) is 0 Å². The second kappa shape index (κ2) is 10.2. The van der Waals surface area contributed by atoms with E-state index in [0.29, 0.717) is 50.5 Å². The van der Waals surface area contributed by atoms with Gasteiger partial charge in [-0.25, -0.2) is 8.42 Å². The van der Waals surface area contributed by atoms with Crippen LogP contribution in [0.15, 0.2) is 42.5 Å². The summed E-state index contributed by atoms with van der Waals surface area (Å²) in [5, 5.41) is 5.40. The van der Waals surface area contributed by atoms with Crippen molar-refractivity contribution in [1.82, 2.24) is 5.32 Å². The summed E-state index contributed by atoms with van der Waals surface area (Å²) >= 11 is 0. The highest BCUT2D eigenvalue weighted by Crippen LogP contribution is 2.35. The molecule has 2 aliphatic heterocycles. The third-order valence-electron chi connectivity index (χ3n) is 6.77. The number of ether oxygens (including phenoxy) is 2. The highest BCUT2D eigenvalue weighted by Gasteiger charge is 2.35. The molecule has 0 aromatic heterocycles. The lowest BCUT2D eigenvalue weighted by Gasteiger charge is -2.38. The van der Waals surface area contributed by atoms with Crippen LogP contribution in [0.25, 0.3) is 0 Å². The second-order valence-electron chi connectivity index (χ2n) is 9.04. The van der Waals surface area contributed by atoms with Gasteiger partial charge < -0.3 is 20.1 Å². The molecule has 0 saturated carbocycles. The minimum absolute atomic E-state index is 0.293. The average Bonchev–Trinajstić information content (AvgIpc) is 2.87. The molecule has 10 heteroatoms. The Bertz CT molecular complexity index is 1190. The van der Waals surface area contributed by atoms with Gasteiger partial charge in [0.15, 0.2) is 0 Å². The summed E-state index contributed by atoms with van der Waals surface area (Å²) in [6.45, 7) is 1.82. The molecule has 0 aliphatic carbocycles. The zero-order valence-corrected chi connectivity index (χ0v) is 20.8. The molecule has 1 saturated heterocycles. The molecule has 35 heavy (non-hydrogen) atoms. The summed E-state index contributed by atoms with van der Waals surface area (Å²) in [6, 6.07) is 12.8. The summed E-state index contributed by atoms with van der Waals surface area (Å²) in [5.74, 6) is -0.801. The molecule has 2 heterocycles. The van der Waals surface area contributed by atoms with Crippen LogP contribution < -0.4 is 19.7 Å². The maximum atomic E-state index is 12.7. The van der Waals surface area contributed by atoms with Crippen LogP contribution in [0.2, 0.25) is 0 Å². The molecule has 1 fully saturated rings. The van der Waals surface area contributed by atoms with E-state index in [0.717, 1.165) is 36.0 Å². The molecule has 0 unspecified atom stereocenters. The monoisotopic (exact) mass is 501 g/mol. The Kier molecular flexibility index (Phi) is 7.32. The average molecular weight is 502 g/mol. The minimum Gasteiger partial charge on any atom is -0.497 e. The van der Waals surface area contributed by atoms with E-state index in [4.69, 9.17) is 9.47 Å². The van der Waals surface area contributed by atoms with Crippen molar-refractivity contribution in [3.05, 3.63) is 53.6 Å². The largest absolute Gasteiger partial charge is 0.497 e. The van der Waals surface area contributed by atoms with Crippen molar-refractivity contribution in [2.75, 3.05) is 49.3 Å². The first kappa shape index (κ1) is 25.0. The van der Waals surface area contributed by atoms with E-state index >= 15 is 0 Å². The van der Waals surface area contributed by atoms with Crippen molar-refractivity contribution in [2.45, 2.75) is 31.1 Å². The zero-order valence-electron chi connectivity index (χ0n) is 20.0. The summed E-state index contributed by atoms with van der Waals surface area (Å²) < 4.78 is 36.5. The van der Waals surface area contributed by atoms with Crippen molar-refractivity contribution < 1.29 is 27.5 Å². The molecular formula is C25H31N3O6S. The molecule has 4 rings (SSSR count). The highest BCUT2D eigenvalue weighted by atomic mass is 32.2. The van der Waals surface area contributed by atoms with Crippen LogP contribution in [0.1, 0.15) is 30.4 Å². The maximum Gasteiger partial charge on any atom is 0.313 e. The molecule has 2 aromatic carbocycles. The summed E-state index contributed by atoms with van der Waals surface area (Å²) in [7, 11) is -1.83. The van der Waals surface area contributed by atoms with E-state index in [1.807, 2.05) is 24.3 Å². The Morgan fingerprint density at radius 3 is 2.46 bits per heavy atom. The SMILES string of the molecule is COc1ccc(C2(CNC(=O)C(=O)Nc3ccc4c(c3)N(S(C)(=O)=O)CCC4)CCOCC2)cc1. The fourth-order valence-corrected chi connectivity index (χ4v) is 5.74. The Balaban J connectivity index is 1.45. The number of fused-ring (bicyclic) bond motifs is 1. The normalized spacial score (nSPS) is 17.3. The van der Waals surface area contributed by atoms with Crippen LogP contribution in [0.5, 0.6) is 5.75 Å². The number of hydrogen-bond acceptors (Lipinski definition) is 6. The first-order valence-corrected chi connectivity index (χ1v) is 13.5. The molecule has 9 nitrogen and oxygen atoms in total. The van der Waals surface area contributed by atoms with Crippen molar-refractivity contribution in [1.29, 1.82) is 0 Å². The number of rotatable bonds is 6. The maximum absolute atomic E-state index is 12.7. The van der Waals surface area contributed by atoms with E-state index in [2.05, 4.69) is 10.6 Å². The number of benzene rings is 2. The lowest BCUT2D eigenvalue weighted by molar-refractivity contribution is -0.136. The van der Waals surface area contributed by atoms with Gasteiger partial charge in [0.25, 0.3) is 0 Å². The predicted octanol–water partition coefficient (Wildman–Crippen LogP) is 2.21. The molecule has 2 amide bonds. The van der Waals surface area contributed by atoms with Gasteiger partial charge in [0, 0.05) is 37.4 Å². The van der Waals surface area contributed by atoms with Crippen molar-refractivity contribution in [2.24, 2.45) is 0 Å². The van der Waals surface area contributed by atoms with E-state index < -0.39 is 21.8 Å². The highest BCUT2D eigenvalue weighted by molar-refractivity contribution is 7.92. The van der Waals surface area contributed by atoms with Crippen molar-refractivity contribution in [3.8, 4) is 5.75 Å². The van der Waals surface area contributed by atoms with Gasteiger partial charge in [-0.05, 0) is 61.1 Å². The smallest absolute Gasteiger partial charge is 0.313 e. The Morgan fingerprint density at radius 2 is 1.80 bits per heavy atom. The molecule has 2 aliphatic rings. The molecule has 0 radical (unpaired) electrons. The third kappa shape index (κ3) is 5.59. The van der Waals surface area contributed by atoms with Crippen LogP contribution in [-0.2, 0) is 36.2 Å². The lowest BCUT2D eigenvalue weighted by Crippen LogP contribution is -2.47. The minimum atomic E-state index is -3.44. The number of hydrogen-bond donors (Lipinski definition) is 2. The molecule has 0 bridgehead atoms. The molecule has 2 aromatic rings. The van der Waals surface area contributed by atoms with Gasteiger partial charge in [-0.15, -0.1) is 0 Å². The number of amides is 2. The standard InChI is InChI=1S/C25H31N3O6S/c1-33-21-9-6-19(7-10-21)25(11-14-34-15-12-25)17-26-23(29)24(30)27-20-8-5-18-4-3-13-28(22(18)16-20)35(2,31)32/h5-10,16H,3-4,11-15,17H2,1-2H3,(H,26,29)(H,27,30).